The predicted octanol–water partition coefficient (Wildman–Crippen LogP) is 1.59. The third kappa shape index (κ3) is 3.49. The van der Waals surface area contributed by atoms with Gasteiger partial charge in [-0.15, -0.1) is 0 Å². The average Bonchev–Trinajstić information content (AvgIpc) is 2.83. The van der Waals surface area contributed by atoms with Crippen molar-refractivity contribution in [2.75, 3.05) is 13.7 Å². The van der Waals surface area contributed by atoms with Gasteiger partial charge in [-0.1, -0.05) is 17.7 Å². The number of hydrogen-bond acceptors (Lipinski definition) is 7. The molecule has 2 aliphatic heterocycles. The number of aryl methyl sites for hydroxylation is 1. The largest absolute Gasteiger partial charge is 0.353 e. The van der Waals surface area contributed by atoms with Crippen molar-refractivity contribution in [3.63, 3.8) is 0 Å². The molecule has 0 bridgehead atoms. The molecule has 0 radical (unpaired) electrons. The molecule has 24 heavy (non-hydrogen) atoms. The molecular formula is C16H22O7S. The lowest BCUT2D eigenvalue weighted by Gasteiger charge is -2.35. The first-order valence-corrected chi connectivity index (χ1v) is 9.13. The van der Waals surface area contributed by atoms with E-state index in [1.807, 2.05) is 6.92 Å². The summed E-state index contributed by atoms with van der Waals surface area (Å²) in [4.78, 5) is 0.0942. The zero-order valence-electron chi connectivity index (χ0n) is 14.1. The molecule has 0 unspecified atom stereocenters. The van der Waals surface area contributed by atoms with Crippen molar-refractivity contribution in [1.82, 2.24) is 0 Å². The van der Waals surface area contributed by atoms with Crippen LogP contribution in [0.2, 0.25) is 0 Å². The first kappa shape index (κ1) is 17.8. The summed E-state index contributed by atoms with van der Waals surface area (Å²) < 4.78 is 52.8. The number of ether oxygens (including phenoxy) is 4. The molecule has 134 valence electrons. The van der Waals surface area contributed by atoms with Gasteiger partial charge in [0.2, 0.25) is 0 Å². The van der Waals surface area contributed by atoms with Crippen molar-refractivity contribution in [2.24, 2.45) is 0 Å². The number of fused-ring (bicyclic) bond motifs is 1. The van der Waals surface area contributed by atoms with E-state index < -0.39 is 40.5 Å². The summed E-state index contributed by atoms with van der Waals surface area (Å²) in [7, 11) is -2.43. The molecule has 3 rings (SSSR count). The van der Waals surface area contributed by atoms with E-state index in [0.29, 0.717) is 0 Å². The van der Waals surface area contributed by atoms with Crippen molar-refractivity contribution >= 4 is 10.1 Å². The lowest BCUT2D eigenvalue weighted by Crippen LogP contribution is -2.53. The second-order valence-electron chi connectivity index (χ2n) is 6.40. The Morgan fingerprint density at radius 1 is 1.12 bits per heavy atom. The van der Waals surface area contributed by atoms with Crippen LogP contribution in [0.15, 0.2) is 29.2 Å². The van der Waals surface area contributed by atoms with E-state index in [9.17, 15) is 8.42 Å². The summed E-state index contributed by atoms with van der Waals surface area (Å²) in [6.45, 7) is 5.42. The van der Waals surface area contributed by atoms with Crippen LogP contribution in [-0.2, 0) is 33.2 Å². The van der Waals surface area contributed by atoms with Crippen molar-refractivity contribution in [3.05, 3.63) is 29.8 Å². The lowest BCUT2D eigenvalue weighted by atomic mass is 10.1. The molecule has 2 fully saturated rings. The fourth-order valence-electron chi connectivity index (χ4n) is 2.90. The standard InChI is InChI=1S/C16H22O7S/c1-10-5-7-11(8-6-10)24(17,18)23-12-9-20-15(19-4)14-13(12)21-16(2,3)22-14/h5-8,12-15H,9H2,1-4H3/t12-,13+,14-,15-/m0/s1. The minimum Gasteiger partial charge on any atom is -0.353 e. The van der Waals surface area contributed by atoms with Crippen molar-refractivity contribution in [2.45, 2.75) is 56.1 Å². The van der Waals surface area contributed by atoms with Crippen molar-refractivity contribution in [3.8, 4) is 0 Å². The third-order valence-electron chi connectivity index (χ3n) is 4.02. The van der Waals surface area contributed by atoms with Crippen LogP contribution < -0.4 is 0 Å². The molecule has 7 nitrogen and oxygen atoms in total. The summed E-state index contributed by atoms with van der Waals surface area (Å²) in [6, 6.07) is 6.46. The van der Waals surface area contributed by atoms with Crippen LogP contribution in [0.25, 0.3) is 0 Å². The van der Waals surface area contributed by atoms with E-state index >= 15 is 0 Å². The third-order valence-corrected chi connectivity index (χ3v) is 5.37. The van der Waals surface area contributed by atoms with Crippen LogP contribution in [0.4, 0.5) is 0 Å². The van der Waals surface area contributed by atoms with Gasteiger partial charge in [-0.25, -0.2) is 0 Å². The highest BCUT2D eigenvalue weighted by molar-refractivity contribution is 7.86. The molecule has 0 aromatic heterocycles. The molecule has 2 saturated heterocycles. The van der Waals surface area contributed by atoms with Crippen molar-refractivity contribution in [1.29, 1.82) is 0 Å². The summed E-state index contributed by atoms with van der Waals surface area (Å²) in [5, 5.41) is 0. The van der Waals surface area contributed by atoms with E-state index in [1.165, 1.54) is 19.2 Å². The Hall–Kier alpha value is -1.03. The maximum atomic E-state index is 12.5. The Labute approximate surface area is 141 Å². The monoisotopic (exact) mass is 358 g/mol. The van der Waals surface area contributed by atoms with Gasteiger partial charge in [-0.3, -0.25) is 4.18 Å². The van der Waals surface area contributed by atoms with Gasteiger partial charge >= 0.3 is 0 Å². The smallest absolute Gasteiger partial charge is 0.297 e. The van der Waals surface area contributed by atoms with Crippen LogP contribution in [0.5, 0.6) is 0 Å². The zero-order valence-corrected chi connectivity index (χ0v) is 14.9. The minimum atomic E-state index is -3.93. The highest BCUT2D eigenvalue weighted by Gasteiger charge is 2.53. The Bertz CT molecular complexity index is 683. The molecule has 4 atom stereocenters. The second-order valence-corrected chi connectivity index (χ2v) is 7.98. The van der Waals surface area contributed by atoms with E-state index in [0.717, 1.165) is 5.56 Å². The molecule has 0 N–H and O–H groups in total. The van der Waals surface area contributed by atoms with Crippen molar-refractivity contribution < 1.29 is 31.5 Å². The van der Waals surface area contributed by atoms with Crippen LogP contribution in [0, 0.1) is 6.92 Å². The molecule has 0 aliphatic carbocycles. The fraction of sp³-hybridized carbons (Fsp3) is 0.625. The normalized spacial score (nSPS) is 32.5. The van der Waals surface area contributed by atoms with Gasteiger partial charge in [0.1, 0.15) is 18.3 Å². The Morgan fingerprint density at radius 3 is 2.38 bits per heavy atom. The van der Waals surface area contributed by atoms with E-state index in [-0.39, 0.29) is 11.5 Å². The molecule has 1 aromatic rings. The first-order chi connectivity index (χ1) is 11.2. The summed E-state index contributed by atoms with van der Waals surface area (Å²) in [5.41, 5.74) is 0.965. The first-order valence-electron chi connectivity index (χ1n) is 7.72. The second kappa shape index (κ2) is 6.36. The van der Waals surface area contributed by atoms with E-state index in [1.54, 1.807) is 26.0 Å². The van der Waals surface area contributed by atoms with Crippen LogP contribution in [0.3, 0.4) is 0 Å². The number of methoxy groups -OCH3 is 1. The van der Waals surface area contributed by atoms with Gasteiger partial charge in [-0.2, -0.15) is 8.42 Å². The van der Waals surface area contributed by atoms with Gasteiger partial charge in [0.25, 0.3) is 10.1 Å². The van der Waals surface area contributed by atoms with E-state index in [2.05, 4.69) is 0 Å². The van der Waals surface area contributed by atoms with Gasteiger partial charge in [0, 0.05) is 7.11 Å². The predicted molar refractivity (Wildman–Crippen MR) is 83.8 cm³/mol. The molecule has 8 heteroatoms. The summed E-state index contributed by atoms with van der Waals surface area (Å²) >= 11 is 0. The number of rotatable bonds is 4. The molecule has 2 aliphatic rings. The lowest BCUT2D eigenvalue weighted by molar-refractivity contribution is -0.234. The molecule has 0 saturated carbocycles. The number of hydrogen-bond donors (Lipinski definition) is 0. The van der Waals surface area contributed by atoms with Gasteiger partial charge in [-0.05, 0) is 32.9 Å². The Balaban J connectivity index is 1.80. The van der Waals surface area contributed by atoms with Gasteiger partial charge in [0.15, 0.2) is 12.1 Å². The molecule has 0 spiro atoms. The van der Waals surface area contributed by atoms with Crippen LogP contribution in [0.1, 0.15) is 19.4 Å². The molecular weight excluding hydrogens is 336 g/mol. The summed E-state index contributed by atoms with van der Waals surface area (Å²) in [6.07, 6.45) is -2.59. The topological polar surface area (TPSA) is 80.3 Å². The zero-order chi connectivity index (χ0) is 17.5. The fourth-order valence-corrected chi connectivity index (χ4v) is 3.97. The molecule has 1 aromatic carbocycles. The summed E-state index contributed by atoms with van der Waals surface area (Å²) in [5.74, 6) is -0.866. The van der Waals surface area contributed by atoms with Crippen LogP contribution >= 0.6 is 0 Å². The maximum Gasteiger partial charge on any atom is 0.297 e. The highest BCUT2D eigenvalue weighted by Crippen LogP contribution is 2.37. The number of benzene rings is 1. The van der Waals surface area contributed by atoms with Crippen LogP contribution in [-0.4, -0.2) is 52.5 Å². The minimum absolute atomic E-state index is 0.0319. The average molecular weight is 358 g/mol. The highest BCUT2D eigenvalue weighted by atomic mass is 32.2. The van der Waals surface area contributed by atoms with Gasteiger partial charge < -0.3 is 18.9 Å². The Morgan fingerprint density at radius 2 is 1.75 bits per heavy atom. The maximum absolute atomic E-state index is 12.5. The van der Waals surface area contributed by atoms with Gasteiger partial charge in [0.05, 0.1) is 11.5 Å². The quantitative estimate of drug-likeness (QED) is 0.756. The molecule has 2 heterocycles. The Kier molecular flexibility index (Phi) is 4.71. The van der Waals surface area contributed by atoms with E-state index in [4.69, 9.17) is 23.1 Å². The SMILES string of the molecule is CO[C@H]1OC[C@H](OS(=O)(=O)c2ccc(C)cc2)[C@H]2OC(C)(C)O[C@H]12. The molecule has 0 amide bonds.